The number of sulfonamides is 1. The summed E-state index contributed by atoms with van der Waals surface area (Å²) in [6, 6.07) is 8.04. The van der Waals surface area contributed by atoms with Crippen molar-refractivity contribution in [2.24, 2.45) is 4.99 Å². The Labute approximate surface area is 191 Å². The molecule has 2 rings (SSSR count). The van der Waals surface area contributed by atoms with E-state index in [1.165, 1.54) is 19.3 Å². The van der Waals surface area contributed by atoms with E-state index in [1.807, 2.05) is 49.9 Å². The fraction of sp³-hybridized carbons (Fsp3) is 0.632. The lowest BCUT2D eigenvalue weighted by Gasteiger charge is -2.17. The van der Waals surface area contributed by atoms with Crippen LogP contribution in [0.5, 0.6) is 0 Å². The first-order valence-corrected chi connectivity index (χ1v) is 12.3. The van der Waals surface area contributed by atoms with Crippen LogP contribution in [0.3, 0.4) is 0 Å². The highest BCUT2D eigenvalue weighted by Gasteiger charge is 2.24. The van der Waals surface area contributed by atoms with Crippen LogP contribution in [-0.2, 0) is 22.3 Å². The van der Waals surface area contributed by atoms with Crippen molar-refractivity contribution in [3.63, 3.8) is 0 Å². The molecule has 6 nitrogen and oxygen atoms in total. The van der Waals surface area contributed by atoms with Crippen LogP contribution in [0.1, 0.15) is 44.2 Å². The lowest BCUT2D eigenvalue weighted by Crippen LogP contribution is -2.42. The van der Waals surface area contributed by atoms with Crippen LogP contribution in [0.15, 0.2) is 29.3 Å². The molecule has 0 bridgehead atoms. The third kappa shape index (κ3) is 8.87. The van der Waals surface area contributed by atoms with E-state index >= 15 is 0 Å². The van der Waals surface area contributed by atoms with Crippen molar-refractivity contribution in [2.75, 3.05) is 13.3 Å². The molecule has 1 aliphatic carbocycles. The van der Waals surface area contributed by atoms with Gasteiger partial charge in [-0.05, 0) is 50.5 Å². The molecule has 0 aromatic heterocycles. The Bertz CT molecular complexity index is 724. The fourth-order valence-electron chi connectivity index (χ4n) is 3.23. The molecule has 0 heterocycles. The molecule has 1 aliphatic rings. The van der Waals surface area contributed by atoms with Gasteiger partial charge in [-0.15, -0.1) is 24.0 Å². The molecule has 3 N–H and O–H groups in total. The minimum absolute atomic E-state index is 0. The lowest BCUT2D eigenvalue weighted by molar-refractivity contribution is 0.569. The van der Waals surface area contributed by atoms with Crippen molar-refractivity contribution in [2.45, 2.75) is 62.7 Å². The number of nitrogens with one attached hydrogen (secondary N) is 3. The van der Waals surface area contributed by atoms with E-state index in [0.29, 0.717) is 12.6 Å². The van der Waals surface area contributed by atoms with Crippen LogP contribution in [-0.4, -0.2) is 45.0 Å². The van der Waals surface area contributed by atoms with E-state index in [9.17, 15) is 8.42 Å². The van der Waals surface area contributed by atoms with Crippen molar-refractivity contribution >= 4 is 51.7 Å². The van der Waals surface area contributed by atoms with Gasteiger partial charge >= 0.3 is 0 Å². The first-order chi connectivity index (χ1) is 12.8. The van der Waals surface area contributed by atoms with Crippen molar-refractivity contribution in [1.82, 2.24) is 15.4 Å². The predicted octanol–water partition coefficient (Wildman–Crippen LogP) is 3.08. The number of hydrogen-bond acceptors (Lipinski definition) is 4. The summed E-state index contributed by atoms with van der Waals surface area (Å²) >= 11 is 1.94. The van der Waals surface area contributed by atoms with E-state index in [2.05, 4.69) is 26.6 Å². The molecule has 1 aromatic rings. The Morgan fingerprint density at radius 1 is 1.21 bits per heavy atom. The molecule has 160 valence electrons. The summed E-state index contributed by atoms with van der Waals surface area (Å²) in [6.45, 7) is 4.29. The van der Waals surface area contributed by atoms with Gasteiger partial charge in [0.05, 0.1) is 5.75 Å². The number of aliphatic imine (C=N–C) groups is 1. The minimum Gasteiger partial charge on any atom is -0.354 e. The summed E-state index contributed by atoms with van der Waals surface area (Å²) in [4.78, 5) is 4.31. The fourth-order valence-corrected chi connectivity index (χ4v) is 5.46. The third-order valence-electron chi connectivity index (χ3n) is 4.54. The van der Waals surface area contributed by atoms with Gasteiger partial charge in [0.2, 0.25) is 10.0 Å². The SMILES string of the molecule is CN=C(NCc1ccc(CS(=O)(=O)NC(C)C)cc1)NC1CCC(SC)C1.I. The Kier molecular flexibility index (Phi) is 11.2. The molecule has 0 amide bonds. The van der Waals surface area contributed by atoms with Crippen molar-refractivity contribution in [3.05, 3.63) is 35.4 Å². The summed E-state index contributed by atoms with van der Waals surface area (Å²) in [5.41, 5.74) is 1.87. The van der Waals surface area contributed by atoms with Gasteiger partial charge < -0.3 is 10.6 Å². The number of benzene rings is 1. The van der Waals surface area contributed by atoms with Crippen LogP contribution in [0.4, 0.5) is 0 Å². The van der Waals surface area contributed by atoms with Gasteiger partial charge in [0.25, 0.3) is 0 Å². The molecule has 0 aliphatic heterocycles. The summed E-state index contributed by atoms with van der Waals surface area (Å²) in [7, 11) is -1.51. The smallest absolute Gasteiger partial charge is 0.216 e. The molecule has 2 unspecified atom stereocenters. The summed E-state index contributed by atoms with van der Waals surface area (Å²) < 4.78 is 26.6. The van der Waals surface area contributed by atoms with E-state index in [1.54, 1.807) is 7.05 Å². The number of nitrogens with zero attached hydrogens (tertiary/aromatic N) is 1. The van der Waals surface area contributed by atoms with Gasteiger partial charge in [-0.25, -0.2) is 13.1 Å². The largest absolute Gasteiger partial charge is 0.354 e. The zero-order valence-corrected chi connectivity index (χ0v) is 21.0. The van der Waals surface area contributed by atoms with Gasteiger partial charge in [0, 0.05) is 30.9 Å². The molecular weight excluding hydrogens is 507 g/mol. The van der Waals surface area contributed by atoms with Gasteiger partial charge in [-0.2, -0.15) is 11.8 Å². The topological polar surface area (TPSA) is 82.6 Å². The maximum absolute atomic E-state index is 12.0. The molecule has 2 atom stereocenters. The zero-order chi connectivity index (χ0) is 19.9. The normalized spacial score (nSPS) is 20.1. The van der Waals surface area contributed by atoms with Crippen molar-refractivity contribution < 1.29 is 8.42 Å². The molecule has 1 fully saturated rings. The van der Waals surface area contributed by atoms with Gasteiger partial charge in [0.15, 0.2) is 5.96 Å². The van der Waals surface area contributed by atoms with Crippen LogP contribution in [0.2, 0.25) is 0 Å². The zero-order valence-electron chi connectivity index (χ0n) is 17.1. The number of thioether (sulfide) groups is 1. The summed E-state index contributed by atoms with van der Waals surface area (Å²) in [5.74, 6) is 0.815. The first kappa shape index (κ1) is 25.5. The molecule has 1 aromatic carbocycles. The van der Waals surface area contributed by atoms with Crippen molar-refractivity contribution in [3.8, 4) is 0 Å². The highest BCUT2D eigenvalue weighted by atomic mass is 127. The Balaban J connectivity index is 0.00000392. The number of halogens is 1. The summed E-state index contributed by atoms with van der Waals surface area (Å²) in [6.07, 6.45) is 5.79. The lowest BCUT2D eigenvalue weighted by atomic mass is 10.1. The second-order valence-electron chi connectivity index (χ2n) is 7.29. The second-order valence-corrected chi connectivity index (χ2v) is 10.2. The minimum atomic E-state index is -3.29. The Morgan fingerprint density at radius 2 is 1.86 bits per heavy atom. The summed E-state index contributed by atoms with van der Waals surface area (Å²) in [5, 5.41) is 7.58. The van der Waals surface area contributed by atoms with Crippen LogP contribution in [0, 0.1) is 0 Å². The van der Waals surface area contributed by atoms with Crippen LogP contribution < -0.4 is 15.4 Å². The quantitative estimate of drug-likeness (QED) is 0.268. The molecular formula is C19H33IN4O2S2. The van der Waals surface area contributed by atoms with Gasteiger partial charge in [-0.1, -0.05) is 24.3 Å². The Hall–Kier alpha value is -0.520. The number of rotatable bonds is 8. The maximum Gasteiger partial charge on any atom is 0.216 e. The second kappa shape index (κ2) is 12.2. The number of hydrogen-bond donors (Lipinski definition) is 3. The molecule has 0 radical (unpaired) electrons. The van der Waals surface area contributed by atoms with Gasteiger partial charge in [0.1, 0.15) is 0 Å². The average Bonchev–Trinajstić information content (AvgIpc) is 3.06. The van der Waals surface area contributed by atoms with Crippen LogP contribution >= 0.6 is 35.7 Å². The molecule has 9 heteroatoms. The Morgan fingerprint density at radius 3 is 2.39 bits per heavy atom. The van der Waals surface area contributed by atoms with E-state index in [0.717, 1.165) is 22.3 Å². The highest BCUT2D eigenvalue weighted by molar-refractivity contribution is 14.0. The van der Waals surface area contributed by atoms with E-state index in [4.69, 9.17) is 0 Å². The highest BCUT2D eigenvalue weighted by Crippen LogP contribution is 2.28. The van der Waals surface area contributed by atoms with Crippen molar-refractivity contribution in [1.29, 1.82) is 0 Å². The molecule has 0 spiro atoms. The average molecular weight is 541 g/mol. The van der Waals surface area contributed by atoms with Crippen LogP contribution in [0.25, 0.3) is 0 Å². The molecule has 0 saturated heterocycles. The standard InChI is InChI=1S/C19H32N4O2S2.HI/c1-14(2)23-27(24,25)13-16-7-5-15(6-8-16)12-21-19(20-3)22-17-9-10-18(11-17)26-4;/h5-8,14,17-18,23H,9-13H2,1-4H3,(H2,20,21,22);1H. The third-order valence-corrected chi connectivity index (χ3v) is 7.18. The molecule has 1 saturated carbocycles. The number of guanidine groups is 1. The van der Waals surface area contributed by atoms with Gasteiger partial charge in [-0.3, -0.25) is 4.99 Å². The van der Waals surface area contributed by atoms with E-state index in [-0.39, 0.29) is 35.8 Å². The first-order valence-electron chi connectivity index (χ1n) is 9.39. The predicted molar refractivity (Wildman–Crippen MR) is 131 cm³/mol. The van der Waals surface area contributed by atoms with E-state index < -0.39 is 10.0 Å². The maximum atomic E-state index is 12.0. The monoisotopic (exact) mass is 540 g/mol. The molecule has 28 heavy (non-hydrogen) atoms.